The molecule has 0 saturated carbocycles. The molecule has 0 aliphatic rings. The fraction of sp³-hybridized carbons (Fsp3) is 0. The highest BCUT2D eigenvalue weighted by molar-refractivity contribution is 6.28. The monoisotopic (exact) mass is 286 g/mol. The van der Waals surface area contributed by atoms with E-state index in [0.29, 0.717) is 11.1 Å². The number of rotatable bonds is 2. The predicted octanol–water partition coefficient (Wildman–Crippen LogP) is 3.25. The number of hydrogen-bond acceptors (Lipinski definition) is 5. The van der Waals surface area contributed by atoms with Crippen molar-refractivity contribution < 1.29 is 4.92 Å². The molecule has 7 heteroatoms. The first-order valence-electron chi connectivity index (χ1n) is 5.68. The van der Waals surface area contributed by atoms with Crippen LogP contribution in [-0.2, 0) is 0 Å². The molecule has 0 radical (unpaired) electrons. The van der Waals surface area contributed by atoms with Crippen LogP contribution in [0, 0.1) is 10.1 Å². The number of nitrogens with zero attached hydrogens (tertiary/aromatic N) is 4. The van der Waals surface area contributed by atoms with Crippen molar-refractivity contribution >= 4 is 28.2 Å². The Hall–Kier alpha value is -2.60. The first-order valence-corrected chi connectivity index (χ1v) is 6.05. The zero-order chi connectivity index (χ0) is 14.1. The number of pyridine rings is 1. The van der Waals surface area contributed by atoms with Crippen LogP contribution in [0.25, 0.3) is 22.2 Å². The lowest BCUT2D eigenvalue weighted by molar-refractivity contribution is -0.384. The maximum Gasteiger partial charge on any atom is 0.313 e. The summed E-state index contributed by atoms with van der Waals surface area (Å²) >= 11 is 5.76. The van der Waals surface area contributed by atoms with Crippen molar-refractivity contribution in [3.8, 4) is 11.3 Å². The van der Waals surface area contributed by atoms with Crippen molar-refractivity contribution in [3.05, 3.63) is 58.1 Å². The summed E-state index contributed by atoms with van der Waals surface area (Å²) < 4.78 is 0. The minimum absolute atomic E-state index is 0.0430. The first kappa shape index (κ1) is 12.4. The van der Waals surface area contributed by atoms with Crippen LogP contribution in [0.4, 0.5) is 5.69 Å². The van der Waals surface area contributed by atoms with E-state index in [0.717, 1.165) is 11.6 Å². The molecule has 0 aliphatic heterocycles. The SMILES string of the molecule is O=[N+]([O-])c1cnc(Cl)nc1-c1cccc2cccnc12. The van der Waals surface area contributed by atoms with Crippen LogP contribution in [0.1, 0.15) is 0 Å². The van der Waals surface area contributed by atoms with Crippen LogP contribution in [0.5, 0.6) is 0 Å². The zero-order valence-electron chi connectivity index (χ0n) is 10.0. The molecule has 2 heterocycles. The van der Waals surface area contributed by atoms with Gasteiger partial charge in [0.25, 0.3) is 0 Å². The Labute approximate surface area is 118 Å². The maximum absolute atomic E-state index is 11.1. The van der Waals surface area contributed by atoms with Gasteiger partial charge < -0.3 is 0 Å². The minimum Gasteiger partial charge on any atom is -0.258 e. The normalized spacial score (nSPS) is 10.7. The Kier molecular flexibility index (Phi) is 3.00. The molecule has 1 aromatic carbocycles. The molecule has 3 aromatic rings. The summed E-state index contributed by atoms with van der Waals surface area (Å²) in [4.78, 5) is 22.5. The van der Waals surface area contributed by atoms with E-state index in [1.165, 1.54) is 0 Å². The lowest BCUT2D eigenvalue weighted by atomic mass is 10.1. The van der Waals surface area contributed by atoms with Crippen LogP contribution in [0.2, 0.25) is 5.28 Å². The van der Waals surface area contributed by atoms with E-state index < -0.39 is 4.92 Å². The molecule has 0 aliphatic carbocycles. The quantitative estimate of drug-likeness (QED) is 0.410. The minimum atomic E-state index is -0.534. The molecule has 0 bridgehead atoms. The van der Waals surface area contributed by atoms with Crippen molar-refractivity contribution in [1.29, 1.82) is 0 Å². The molecule has 2 aromatic heterocycles. The van der Waals surface area contributed by atoms with Gasteiger partial charge in [0.1, 0.15) is 6.20 Å². The Balaban J connectivity index is 2.36. The third kappa shape index (κ3) is 2.06. The molecule has 0 atom stereocenters. The number of benzene rings is 1. The highest BCUT2D eigenvalue weighted by Gasteiger charge is 2.20. The topological polar surface area (TPSA) is 81.8 Å². The number of halogens is 1. The second-order valence-electron chi connectivity index (χ2n) is 4.01. The molecule has 0 N–H and O–H groups in total. The number of aromatic nitrogens is 3. The van der Waals surface area contributed by atoms with E-state index in [-0.39, 0.29) is 16.7 Å². The van der Waals surface area contributed by atoms with Gasteiger partial charge in [0, 0.05) is 17.1 Å². The van der Waals surface area contributed by atoms with Gasteiger partial charge >= 0.3 is 5.69 Å². The highest BCUT2D eigenvalue weighted by Crippen LogP contribution is 2.32. The van der Waals surface area contributed by atoms with E-state index in [4.69, 9.17) is 11.6 Å². The van der Waals surface area contributed by atoms with Crippen molar-refractivity contribution in [2.24, 2.45) is 0 Å². The summed E-state index contributed by atoms with van der Waals surface area (Å²) in [6.45, 7) is 0. The second kappa shape index (κ2) is 4.82. The molecule has 98 valence electrons. The Morgan fingerprint density at radius 3 is 2.75 bits per heavy atom. The van der Waals surface area contributed by atoms with Gasteiger partial charge in [0.05, 0.1) is 10.4 Å². The van der Waals surface area contributed by atoms with E-state index in [1.54, 1.807) is 24.4 Å². The van der Waals surface area contributed by atoms with E-state index >= 15 is 0 Å². The lowest BCUT2D eigenvalue weighted by Crippen LogP contribution is -1.98. The number of para-hydroxylation sites is 1. The van der Waals surface area contributed by atoms with Gasteiger partial charge in [0.15, 0.2) is 5.69 Å². The molecule has 0 amide bonds. The van der Waals surface area contributed by atoms with E-state index in [1.807, 2.05) is 12.1 Å². The molecular weight excluding hydrogens is 280 g/mol. The third-order valence-corrected chi connectivity index (χ3v) is 3.01. The van der Waals surface area contributed by atoms with Crippen molar-refractivity contribution in [1.82, 2.24) is 15.0 Å². The van der Waals surface area contributed by atoms with Gasteiger partial charge in [0.2, 0.25) is 5.28 Å². The zero-order valence-corrected chi connectivity index (χ0v) is 10.8. The van der Waals surface area contributed by atoms with E-state index in [2.05, 4.69) is 15.0 Å². The van der Waals surface area contributed by atoms with Gasteiger partial charge in [-0.15, -0.1) is 0 Å². The van der Waals surface area contributed by atoms with Crippen LogP contribution in [0.3, 0.4) is 0 Å². The van der Waals surface area contributed by atoms with Crippen molar-refractivity contribution in [3.63, 3.8) is 0 Å². The van der Waals surface area contributed by atoms with Crippen molar-refractivity contribution in [2.45, 2.75) is 0 Å². The molecule has 20 heavy (non-hydrogen) atoms. The van der Waals surface area contributed by atoms with Gasteiger partial charge in [-0.3, -0.25) is 15.1 Å². The Morgan fingerprint density at radius 2 is 1.95 bits per heavy atom. The van der Waals surface area contributed by atoms with Crippen LogP contribution in [0.15, 0.2) is 42.7 Å². The average Bonchev–Trinajstić information content (AvgIpc) is 2.46. The third-order valence-electron chi connectivity index (χ3n) is 2.82. The largest absolute Gasteiger partial charge is 0.313 e. The Morgan fingerprint density at radius 1 is 1.15 bits per heavy atom. The van der Waals surface area contributed by atoms with Gasteiger partial charge in [-0.25, -0.2) is 9.97 Å². The van der Waals surface area contributed by atoms with Crippen LogP contribution in [-0.4, -0.2) is 19.9 Å². The summed E-state index contributed by atoms with van der Waals surface area (Å²) in [7, 11) is 0. The van der Waals surface area contributed by atoms with Crippen LogP contribution >= 0.6 is 11.6 Å². The maximum atomic E-state index is 11.1. The predicted molar refractivity (Wildman–Crippen MR) is 74.4 cm³/mol. The molecule has 0 saturated heterocycles. The highest BCUT2D eigenvalue weighted by atomic mass is 35.5. The number of nitro groups is 1. The summed E-state index contributed by atoms with van der Waals surface area (Å²) in [6.07, 6.45) is 2.73. The standard InChI is InChI=1S/C13H7ClN4O2/c14-13-16-7-10(18(19)20)12(17-13)9-5-1-3-8-4-2-6-15-11(8)9/h1-7H. The number of hydrogen-bond donors (Lipinski definition) is 0. The summed E-state index contributed by atoms with van der Waals surface area (Å²) in [6, 6.07) is 9.06. The van der Waals surface area contributed by atoms with E-state index in [9.17, 15) is 10.1 Å². The smallest absolute Gasteiger partial charge is 0.258 e. The first-order chi connectivity index (χ1) is 9.66. The second-order valence-corrected chi connectivity index (χ2v) is 4.35. The fourth-order valence-electron chi connectivity index (χ4n) is 1.98. The molecule has 0 fully saturated rings. The molecule has 0 unspecified atom stereocenters. The van der Waals surface area contributed by atoms with Crippen molar-refractivity contribution in [2.75, 3.05) is 0 Å². The lowest BCUT2D eigenvalue weighted by Gasteiger charge is -2.05. The summed E-state index contributed by atoms with van der Waals surface area (Å²) in [5.74, 6) is 0. The fourth-order valence-corrected chi connectivity index (χ4v) is 2.11. The Bertz CT molecular complexity index is 817. The summed E-state index contributed by atoms with van der Waals surface area (Å²) in [5.41, 5.74) is 1.15. The van der Waals surface area contributed by atoms with Gasteiger partial charge in [-0.05, 0) is 17.7 Å². The van der Waals surface area contributed by atoms with Gasteiger partial charge in [-0.2, -0.15) is 0 Å². The molecule has 3 rings (SSSR count). The van der Waals surface area contributed by atoms with Crippen LogP contribution < -0.4 is 0 Å². The molecular formula is C13H7ClN4O2. The molecule has 0 spiro atoms. The average molecular weight is 287 g/mol. The summed E-state index contributed by atoms with van der Waals surface area (Å²) in [5, 5.41) is 11.9. The molecule has 6 nitrogen and oxygen atoms in total. The van der Waals surface area contributed by atoms with Gasteiger partial charge in [-0.1, -0.05) is 24.3 Å². The number of fused-ring (bicyclic) bond motifs is 1.